The van der Waals surface area contributed by atoms with Crippen LogP contribution in [0.5, 0.6) is 0 Å². The lowest BCUT2D eigenvalue weighted by atomic mass is 9.70. The summed E-state index contributed by atoms with van der Waals surface area (Å²) >= 11 is 5.94. The van der Waals surface area contributed by atoms with E-state index in [1.807, 2.05) is 0 Å². The number of hydrogen-bond donors (Lipinski definition) is 1. The fourth-order valence-corrected chi connectivity index (χ4v) is 3.06. The van der Waals surface area contributed by atoms with E-state index in [0.717, 1.165) is 12.8 Å². The van der Waals surface area contributed by atoms with Gasteiger partial charge in [-0.3, -0.25) is 0 Å². The van der Waals surface area contributed by atoms with E-state index in [2.05, 4.69) is 6.92 Å². The first-order chi connectivity index (χ1) is 8.53. The molecule has 18 heavy (non-hydrogen) atoms. The first-order valence-electron chi connectivity index (χ1n) is 6.64. The molecule has 1 unspecified atom stereocenters. The van der Waals surface area contributed by atoms with E-state index in [9.17, 15) is 9.50 Å². The summed E-state index contributed by atoms with van der Waals surface area (Å²) in [6, 6.07) is 4.79. The molecular weight excluding hydrogens is 251 g/mol. The summed E-state index contributed by atoms with van der Waals surface area (Å²) in [5.74, 6) is -0.407. The maximum Gasteiger partial charge on any atom is 0.142 e. The van der Waals surface area contributed by atoms with E-state index < -0.39 is 11.9 Å². The quantitative estimate of drug-likeness (QED) is 0.866. The van der Waals surface area contributed by atoms with Crippen molar-refractivity contribution in [2.75, 3.05) is 0 Å². The van der Waals surface area contributed by atoms with Crippen LogP contribution in [0.15, 0.2) is 18.2 Å². The largest absolute Gasteiger partial charge is 0.392 e. The average Bonchev–Trinajstić information content (AvgIpc) is 2.36. The summed E-state index contributed by atoms with van der Waals surface area (Å²) in [5, 5.41) is 10.6. The molecule has 0 saturated heterocycles. The smallest absolute Gasteiger partial charge is 0.142 e. The molecule has 0 bridgehead atoms. The van der Waals surface area contributed by atoms with E-state index in [4.69, 9.17) is 11.6 Å². The molecule has 1 aromatic rings. The molecule has 100 valence electrons. The molecule has 0 radical (unpaired) electrons. The molecule has 0 aliphatic heterocycles. The zero-order chi connectivity index (χ0) is 13.2. The van der Waals surface area contributed by atoms with Crippen molar-refractivity contribution < 1.29 is 9.50 Å². The average molecular weight is 271 g/mol. The first-order valence-corrected chi connectivity index (χ1v) is 7.02. The van der Waals surface area contributed by atoms with Crippen LogP contribution in [0.3, 0.4) is 0 Å². The summed E-state index contributed by atoms with van der Waals surface area (Å²) in [7, 11) is 0. The van der Waals surface area contributed by atoms with Crippen molar-refractivity contribution >= 4 is 11.6 Å². The van der Waals surface area contributed by atoms with E-state index in [-0.39, 0.29) is 10.4 Å². The lowest BCUT2D eigenvalue weighted by Crippen LogP contribution is -2.36. The molecule has 1 fully saturated rings. The maximum absolute atomic E-state index is 13.4. The lowest BCUT2D eigenvalue weighted by molar-refractivity contribution is 0.0104. The fraction of sp³-hybridized carbons (Fsp3) is 0.600. The standard InChI is InChI=1S/C15H20ClFO/c1-15(8-3-2-4-9-15)13(18)10-11-6-5-7-12(17)14(11)16/h5-7,13,18H,2-4,8-10H2,1H3. The zero-order valence-corrected chi connectivity index (χ0v) is 11.5. The van der Waals surface area contributed by atoms with Crippen LogP contribution in [-0.2, 0) is 6.42 Å². The molecule has 0 spiro atoms. The van der Waals surface area contributed by atoms with Crippen molar-refractivity contribution in [3.63, 3.8) is 0 Å². The summed E-state index contributed by atoms with van der Waals surface area (Å²) < 4.78 is 13.4. The summed E-state index contributed by atoms with van der Waals surface area (Å²) in [6.45, 7) is 2.13. The number of hydrogen-bond acceptors (Lipinski definition) is 1. The Morgan fingerprint density at radius 1 is 1.33 bits per heavy atom. The third-order valence-corrected chi connectivity index (χ3v) is 4.67. The van der Waals surface area contributed by atoms with Crippen LogP contribution in [0, 0.1) is 11.2 Å². The SMILES string of the molecule is CC1(C(O)Cc2cccc(F)c2Cl)CCCCC1. The number of rotatable bonds is 3. The molecule has 1 aliphatic carbocycles. The molecule has 1 aliphatic rings. The highest BCUT2D eigenvalue weighted by Gasteiger charge is 2.34. The van der Waals surface area contributed by atoms with Crippen molar-refractivity contribution in [1.82, 2.24) is 0 Å². The lowest BCUT2D eigenvalue weighted by Gasteiger charge is -2.38. The van der Waals surface area contributed by atoms with Gasteiger partial charge in [0, 0.05) is 6.42 Å². The molecule has 1 aromatic carbocycles. The highest BCUT2D eigenvalue weighted by molar-refractivity contribution is 6.31. The molecule has 3 heteroatoms. The maximum atomic E-state index is 13.4. The monoisotopic (exact) mass is 270 g/mol. The van der Waals surface area contributed by atoms with Gasteiger partial charge in [-0.1, -0.05) is 49.9 Å². The van der Waals surface area contributed by atoms with Gasteiger partial charge in [0.1, 0.15) is 5.82 Å². The van der Waals surface area contributed by atoms with Gasteiger partial charge in [0.05, 0.1) is 11.1 Å². The summed E-state index contributed by atoms with van der Waals surface area (Å²) in [4.78, 5) is 0. The Kier molecular flexibility index (Phi) is 4.29. The summed E-state index contributed by atoms with van der Waals surface area (Å²) in [5.41, 5.74) is 0.657. The second-order valence-corrected chi connectivity index (χ2v) is 6.03. The Morgan fingerprint density at radius 3 is 2.67 bits per heavy atom. The van der Waals surface area contributed by atoms with Crippen LogP contribution in [-0.4, -0.2) is 11.2 Å². The molecule has 0 amide bonds. The van der Waals surface area contributed by atoms with E-state index in [1.165, 1.54) is 25.3 Å². The van der Waals surface area contributed by atoms with Gasteiger partial charge in [0.25, 0.3) is 0 Å². The minimum absolute atomic E-state index is 0.0477. The minimum atomic E-state index is -0.447. The van der Waals surface area contributed by atoms with E-state index in [0.29, 0.717) is 12.0 Å². The Hall–Kier alpha value is -0.600. The third-order valence-electron chi connectivity index (χ3n) is 4.25. The molecule has 1 nitrogen and oxygen atoms in total. The second kappa shape index (κ2) is 5.58. The van der Waals surface area contributed by atoms with Gasteiger partial charge in [0.15, 0.2) is 0 Å². The van der Waals surface area contributed by atoms with Crippen LogP contribution >= 0.6 is 11.6 Å². The van der Waals surface area contributed by atoms with Crippen molar-refractivity contribution in [2.45, 2.75) is 51.6 Å². The van der Waals surface area contributed by atoms with Crippen molar-refractivity contribution in [3.05, 3.63) is 34.6 Å². The Labute approximate surface area is 113 Å². The Bertz CT molecular complexity index is 413. The highest BCUT2D eigenvalue weighted by Crippen LogP contribution is 2.40. The number of benzene rings is 1. The Balaban J connectivity index is 2.10. The van der Waals surface area contributed by atoms with Crippen LogP contribution in [0.2, 0.25) is 5.02 Å². The molecule has 1 saturated carbocycles. The van der Waals surface area contributed by atoms with E-state index >= 15 is 0 Å². The summed E-state index contributed by atoms with van der Waals surface area (Å²) in [6.07, 6.45) is 5.67. The van der Waals surface area contributed by atoms with Crippen molar-refractivity contribution in [2.24, 2.45) is 5.41 Å². The van der Waals surface area contributed by atoms with Gasteiger partial charge in [0.2, 0.25) is 0 Å². The minimum Gasteiger partial charge on any atom is -0.392 e. The van der Waals surface area contributed by atoms with Crippen molar-refractivity contribution in [1.29, 1.82) is 0 Å². The van der Waals surface area contributed by atoms with Gasteiger partial charge in [-0.05, 0) is 29.9 Å². The predicted octanol–water partition coefficient (Wildman–Crippen LogP) is 4.35. The van der Waals surface area contributed by atoms with Gasteiger partial charge in [-0.2, -0.15) is 0 Å². The number of aliphatic hydroxyl groups excluding tert-OH is 1. The van der Waals surface area contributed by atoms with Gasteiger partial charge >= 0.3 is 0 Å². The highest BCUT2D eigenvalue weighted by atomic mass is 35.5. The first kappa shape index (κ1) is 13.8. The number of halogens is 2. The number of aliphatic hydroxyl groups is 1. The predicted molar refractivity (Wildman–Crippen MR) is 72.3 cm³/mol. The van der Waals surface area contributed by atoms with Crippen LogP contribution in [0.4, 0.5) is 4.39 Å². The molecule has 0 heterocycles. The van der Waals surface area contributed by atoms with Crippen LogP contribution < -0.4 is 0 Å². The third kappa shape index (κ3) is 2.86. The van der Waals surface area contributed by atoms with Gasteiger partial charge in [-0.25, -0.2) is 4.39 Å². The Morgan fingerprint density at radius 2 is 2.00 bits per heavy atom. The molecule has 1 N–H and O–H groups in total. The van der Waals surface area contributed by atoms with Crippen LogP contribution in [0.25, 0.3) is 0 Å². The second-order valence-electron chi connectivity index (χ2n) is 5.65. The van der Waals surface area contributed by atoms with Gasteiger partial charge < -0.3 is 5.11 Å². The fourth-order valence-electron chi connectivity index (χ4n) is 2.85. The van der Waals surface area contributed by atoms with Crippen LogP contribution in [0.1, 0.15) is 44.6 Å². The topological polar surface area (TPSA) is 20.2 Å². The molecule has 0 aromatic heterocycles. The molecule has 1 atom stereocenters. The van der Waals surface area contributed by atoms with Crippen molar-refractivity contribution in [3.8, 4) is 0 Å². The molecular formula is C15H20ClFO. The van der Waals surface area contributed by atoms with E-state index in [1.54, 1.807) is 12.1 Å². The van der Waals surface area contributed by atoms with Gasteiger partial charge in [-0.15, -0.1) is 0 Å². The normalized spacial score (nSPS) is 20.7. The zero-order valence-electron chi connectivity index (χ0n) is 10.8. The molecule has 2 rings (SSSR count).